The van der Waals surface area contributed by atoms with E-state index in [0.29, 0.717) is 6.07 Å². The molecule has 1 aromatic carbocycles. The molecular formula is C13H14F4N2O3. The van der Waals surface area contributed by atoms with Crippen molar-refractivity contribution in [3.63, 3.8) is 0 Å². The predicted octanol–water partition coefficient (Wildman–Crippen LogP) is 3.44. The van der Waals surface area contributed by atoms with Gasteiger partial charge in [0.2, 0.25) is 0 Å². The summed E-state index contributed by atoms with van der Waals surface area (Å²) in [5, 5.41) is 12.5. The first-order chi connectivity index (χ1) is 10.1. The van der Waals surface area contributed by atoms with Gasteiger partial charge in [0.25, 0.3) is 11.6 Å². The van der Waals surface area contributed by atoms with E-state index >= 15 is 0 Å². The highest BCUT2D eigenvalue weighted by Gasteiger charge is 2.44. The summed E-state index contributed by atoms with van der Waals surface area (Å²) in [6.45, 7) is 2.80. The van der Waals surface area contributed by atoms with Crippen LogP contribution in [0.25, 0.3) is 0 Å². The summed E-state index contributed by atoms with van der Waals surface area (Å²) >= 11 is 0. The number of nitro groups is 1. The fourth-order valence-electron chi connectivity index (χ4n) is 1.85. The topological polar surface area (TPSA) is 72.2 Å². The summed E-state index contributed by atoms with van der Waals surface area (Å²) in [5.74, 6) is -3.23. The number of halogens is 4. The minimum Gasteiger partial charge on any atom is -0.340 e. The van der Waals surface area contributed by atoms with E-state index in [-0.39, 0.29) is 6.42 Å². The number of benzene rings is 1. The van der Waals surface area contributed by atoms with Gasteiger partial charge in [-0.2, -0.15) is 13.2 Å². The molecule has 0 saturated carbocycles. The second-order valence-corrected chi connectivity index (χ2v) is 4.80. The zero-order valence-electron chi connectivity index (χ0n) is 11.8. The number of rotatable bonds is 5. The summed E-state index contributed by atoms with van der Waals surface area (Å²) in [7, 11) is 0. The molecule has 0 heterocycles. The maximum absolute atomic E-state index is 13.1. The van der Waals surface area contributed by atoms with Gasteiger partial charge in [-0.15, -0.1) is 0 Å². The van der Waals surface area contributed by atoms with Crippen LogP contribution >= 0.6 is 0 Å². The van der Waals surface area contributed by atoms with Crippen molar-refractivity contribution < 1.29 is 27.3 Å². The fraction of sp³-hybridized carbons (Fsp3) is 0.462. The lowest BCUT2D eigenvalue weighted by atomic mass is 9.98. The molecule has 22 heavy (non-hydrogen) atoms. The van der Waals surface area contributed by atoms with E-state index < -0.39 is 46.0 Å². The van der Waals surface area contributed by atoms with Crippen molar-refractivity contribution in [1.29, 1.82) is 0 Å². The van der Waals surface area contributed by atoms with Gasteiger partial charge in [-0.1, -0.05) is 20.3 Å². The molecule has 2 atom stereocenters. The predicted molar refractivity (Wildman–Crippen MR) is 69.8 cm³/mol. The third-order valence-corrected chi connectivity index (χ3v) is 3.25. The normalized spacial score (nSPS) is 14.3. The Labute approximate surface area is 123 Å². The number of nitro benzene ring substituents is 1. The molecule has 1 amide bonds. The Morgan fingerprint density at radius 1 is 1.41 bits per heavy atom. The van der Waals surface area contributed by atoms with E-state index in [4.69, 9.17) is 0 Å². The molecule has 0 aliphatic rings. The molecule has 0 aliphatic carbocycles. The summed E-state index contributed by atoms with van der Waals surface area (Å²) < 4.78 is 52.0. The van der Waals surface area contributed by atoms with Gasteiger partial charge in [0.15, 0.2) is 0 Å². The fourth-order valence-corrected chi connectivity index (χ4v) is 1.85. The quantitative estimate of drug-likeness (QED) is 0.513. The summed E-state index contributed by atoms with van der Waals surface area (Å²) in [5.41, 5.74) is -1.51. The Morgan fingerprint density at radius 3 is 2.45 bits per heavy atom. The van der Waals surface area contributed by atoms with Gasteiger partial charge < -0.3 is 5.32 Å². The molecule has 0 saturated heterocycles. The second-order valence-electron chi connectivity index (χ2n) is 4.80. The Morgan fingerprint density at radius 2 is 2.00 bits per heavy atom. The number of hydrogen-bond donors (Lipinski definition) is 1. The van der Waals surface area contributed by atoms with E-state index in [0.717, 1.165) is 12.1 Å². The zero-order valence-corrected chi connectivity index (χ0v) is 11.8. The molecule has 0 spiro atoms. The molecule has 0 radical (unpaired) electrons. The maximum Gasteiger partial charge on any atom is 0.408 e. The van der Waals surface area contributed by atoms with Crippen molar-refractivity contribution >= 4 is 11.6 Å². The summed E-state index contributed by atoms with van der Waals surface area (Å²) in [6, 6.07) is -0.147. The van der Waals surface area contributed by atoms with E-state index in [2.05, 4.69) is 0 Å². The van der Waals surface area contributed by atoms with Crippen molar-refractivity contribution in [3.05, 3.63) is 39.7 Å². The van der Waals surface area contributed by atoms with E-state index in [1.54, 1.807) is 5.32 Å². The van der Waals surface area contributed by atoms with E-state index in [1.165, 1.54) is 13.8 Å². The number of nitrogens with one attached hydrogen (secondary N) is 1. The minimum atomic E-state index is -4.72. The largest absolute Gasteiger partial charge is 0.408 e. The van der Waals surface area contributed by atoms with Crippen molar-refractivity contribution in [1.82, 2.24) is 5.32 Å². The van der Waals surface area contributed by atoms with Crippen LogP contribution in [0.3, 0.4) is 0 Å². The molecule has 1 aromatic rings. The number of hydrogen-bond acceptors (Lipinski definition) is 3. The maximum atomic E-state index is 13.1. The molecule has 0 bridgehead atoms. The van der Waals surface area contributed by atoms with Crippen LogP contribution in [0.4, 0.5) is 23.2 Å². The van der Waals surface area contributed by atoms with Crippen LogP contribution in [0, 0.1) is 21.8 Å². The Bertz CT molecular complexity index is 575. The third kappa shape index (κ3) is 4.15. The van der Waals surface area contributed by atoms with E-state index in [9.17, 15) is 32.5 Å². The average Bonchev–Trinajstić information content (AvgIpc) is 2.41. The highest BCUT2D eigenvalue weighted by atomic mass is 19.4. The standard InChI is InChI=1S/C13H14F4N2O3/c1-3-7(2)11(13(15,16)17)18-12(20)9-6-8(14)4-5-10(9)19(21)22/h4-7,11H,3H2,1-2H3,(H,18,20). The van der Waals surface area contributed by atoms with Crippen molar-refractivity contribution in [2.45, 2.75) is 32.5 Å². The van der Waals surface area contributed by atoms with Gasteiger partial charge in [-0.25, -0.2) is 4.39 Å². The van der Waals surface area contributed by atoms with Crippen LogP contribution in [-0.2, 0) is 0 Å². The number of nitrogens with zero attached hydrogens (tertiary/aromatic N) is 1. The molecule has 0 aliphatic heterocycles. The molecule has 2 unspecified atom stereocenters. The summed E-state index contributed by atoms with van der Waals surface area (Å²) in [4.78, 5) is 21.8. The highest BCUT2D eigenvalue weighted by Crippen LogP contribution is 2.28. The monoisotopic (exact) mass is 322 g/mol. The lowest BCUT2D eigenvalue weighted by molar-refractivity contribution is -0.385. The van der Waals surface area contributed by atoms with Crippen molar-refractivity contribution in [3.8, 4) is 0 Å². The smallest absolute Gasteiger partial charge is 0.340 e. The minimum absolute atomic E-state index is 0.135. The lowest BCUT2D eigenvalue weighted by Gasteiger charge is -2.26. The molecule has 0 fully saturated rings. The molecular weight excluding hydrogens is 308 g/mol. The highest BCUT2D eigenvalue weighted by molar-refractivity contribution is 5.98. The van der Waals surface area contributed by atoms with E-state index in [1.807, 2.05) is 0 Å². The molecule has 1 N–H and O–H groups in total. The van der Waals surface area contributed by atoms with Gasteiger partial charge >= 0.3 is 6.18 Å². The van der Waals surface area contributed by atoms with Crippen molar-refractivity contribution in [2.24, 2.45) is 5.92 Å². The summed E-state index contributed by atoms with van der Waals surface area (Å²) in [6.07, 6.45) is -4.58. The zero-order chi connectivity index (χ0) is 17.1. The SMILES string of the molecule is CCC(C)C(NC(=O)c1cc(F)ccc1[N+](=O)[O-])C(F)(F)F. The molecule has 5 nitrogen and oxygen atoms in total. The van der Waals surface area contributed by atoms with Crippen molar-refractivity contribution in [2.75, 3.05) is 0 Å². The first-order valence-corrected chi connectivity index (χ1v) is 6.39. The van der Waals surface area contributed by atoms with Crippen LogP contribution in [-0.4, -0.2) is 23.0 Å². The average molecular weight is 322 g/mol. The van der Waals surface area contributed by atoms with Gasteiger partial charge in [-0.3, -0.25) is 14.9 Å². The number of carbonyl (C=O) groups is 1. The van der Waals surface area contributed by atoms with Gasteiger partial charge in [0.1, 0.15) is 17.4 Å². The van der Waals surface area contributed by atoms with Crippen LogP contribution in [0.1, 0.15) is 30.6 Å². The number of amides is 1. The molecule has 122 valence electrons. The first-order valence-electron chi connectivity index (χ1n) is 6.39. The third-order valence-electron chi connectivity index (χ3n) is 3.25. The molecule has 9 heteroatoms. The number of alkyl halides is 3. The second kappa shape index (κ2) is 6.71. The first kappa shape index (κ1) is 17.9. The van der Waals surface area contributed by atoms with Gasteiger partial charge in [0, 0.05) is 6.07 Å². The van der Waals surface area contributed by atoms with Crippen LogP contribution < -0.4 is 5.32 Å². The Balaban J connectivity index is 3.15. The Kier molecular flexibility index (Phi) is 5.45. The van der Waals surface area contributed by atoms with Gasteiger partial charge in [-0.05, 0) is 18.1 Å². The Hall–Kier alpha value is -2.19. The number of carbonyl (C=O) groups excluding carboxylic acids is 1. The van der Waals surface area contributed by atoms with Crippen LogP contribution in [0.15, 0.2) is 18.2 Å². The lowest BCUT2D eigenvalue weighted by Crippen LogP contribution is -2.49. The molecule has 1 rings (SSSR count). The van der Waals surface area contributed by atoms with Gasteiger partial charge in [0.05, 0.1) is 4.92 Å². The van der Waals surface area contributed by atoms with Crippen LogP contribution in [0.5, 0.6) is 0 Å². The molecule has 0 aromatic heterocycles. The van der Waals surface area contributed by atoms with Crippen LogP contribution in [0.2, 0.25) is 0 Å².